The normalized spacial score (nSPS) is 22.9. The summed E-state index contributed by atoms with van der Waals surface area (Å²) in [6.45, 7) is 1.28. The van der Waals surface area contributed by atoms with Gasteiger partial charge in [-0.2, -0.15) is 0 Å². The molecule has 3 aromatic rings. The number of esters is 2. The van der Waals surface area contributed by atoms with Gasteiger partial charge in [-0.15, -0.1) is 0 Å². The fourth-order valence-electron chi connectivity index (χ4n) is 4.95. The van der Waals surface area contributed by atoms with E-state index in [4.69, 9.17) is 14.2 Å². The molecule has 0 bridgehead atoms. The van der Waals surface area contributed by atoms with Crippen molar-refractivity contribution in [2.75, 3.05) is 7.11 Å². The summed E-state index contributed by atoms with van der Waals surface area (Å²) < 4.78 is 16.3. The standard InChI is InChI=1S/C30H30O8/c1-30(35)16-23(32)26(28(33)37-17-19-9-5-3-6-10-19)25(21-13-14-22(31)24(15-21)36-2)27(30)29(34)38-18-20-11-7-4-8-12-20/h3-15,25-27,31,35H,16-18H2,1-2H3. The number of rotatable bonds is 8. The van der Waals surface area contributed by atoms with Crippen LogP contribution in [0.2, 0.25) is 0 Å². The van der Waals surface area contributed by atoms with Crippen LogP contribution in [0.1, 0.15) is 36.0 Å². The lowest BCUT2D eigenvalue weighted by Crippen LogP contribution is -2.55. The van der Waals surface area contributed by atoms with E-state index in [2.05, 4.69) is 0 Å². The van der Waals surface area contributed by atoms with Crippen molar-refractivity contribution in [3.8, 4) is 11.5 Å². The van der Waals surface area contributed by atoms with Crippen LogP contribution in [-0.4, -0.2) is 40.6 Å². The van der Waals surface area contributed by atoms with Gasteiger partial charge in [-0.1, -0.05) is 66.7 Å². The number of aliphatic hydroxyl groups is 1. The molecule has 38 heavy (non-hydrogen) atoms. The Hall–Kier alpha value is -4.17. The molecule has 8 heteroatoms. The zero-order valence-corrected chi connectivity index (χ0v) is 21.2. The van der Waals surface area contributed by atoms with Gasteiger partial charge >= 0.3 is 11.9 Å². The van der Waals surface area contributed by atoms with E-state index >= 15 is 0 Å². The van der Waals surface area contributed by atoms with Crippen molar-refractivity contribution in [2.24, 2.45) is 11.8 Å². The maximum atomic E-state index is 13.5. The van der Waals surface area contributed by atoms with Crippen molar-refractivity contribution in [3.63, 3.8) is 0 Å². The second kappa shape index (κ2) is 11.5. The third kappa shape index (κ3) is 5.86. The fourth-order valence-corrected chi connectivity index (χ4v) is 4.95. The van der Waals surface area contributed by atoms with Crippen LogP contribution in [0.4, 0.5) is 0 Å². The number of aromatic hydroxyl groups is 1. The van der Waals surface area contributed by atoms with Crippen LogP contribution < -0.4 is 4.74 Å². The first-order valence-corrected chi connectivity index (χ1v) is 12.2. The van der Waals surface area contributed by atoms with Crippen LogP contribution in [-0.2, 0) is 37.1 Å². The number of benzene rings is 3. The molecule has 198 valence electrons. The van der Waals surface area contributed by atoms with Gasteiger partial charge < -0.3 is 24.4 Å². The van der Waals surface area contributed by atoms with Gasteiger partial charge in [-0.25, -0.2) is 0 Å². The first kappa shape index (κ1) is 26.9. The summed E-state index contributed by atoms with van der Waals surface area (Å²) >= 11 is 0. The van der Waals surface area contributed by atoms with E-state index < -0.39 is 47.5 Å². The molecule has 0 aliphatic heterocycles. The summed E-state index contributed by atoms with van der Waals surface area (Å²) in [4.78, 5) is 40.2. The Morgan fingerprint density at radius 2 is 1.45 bits per heavy atom. The number of hydrogen-bond acceptors (Lipinski definition) is 8. The Morgan fingerprint density at radius 3 is 2.00 bits per heavy atom. The van der Waals surface area contributed by atoms with Crippen LogP contribution in [0.3, 0.4) is 0 Å². The fraction of sp³-hybridized carbons (Fsp3) is 0.300. The lowest BCUT2D eigenvalue weighted by Gasteiger charge is -2.43. The molecule has 4 unspecified atom stereocenters. The molecule has 1 fully saturated rings. The molecule has 0 spiro atoms. The molecule has 1 aliphatic carbocycles. The van der Waals surface area contributed by atoms with Gasteiger partial charge in [-0.3, -0.25) is 14.4 Å². The molecule has 0 heterocycles. The number of phenolic OH excluding ortho intramolecular Hbond substituents is 1. The van der Waals surface area contributed by atoms with E-state index in [-0.39, 0.29) is 24.7 Å². The lowest BCUT2D eigenvalue weighted by molar-refractivity contribution is -0.174. The number of hydrogen-bond donors (Lipinski definition) is 2. The predicted molar refractivity (Wildman–Crippen MR) is 137 cm³/mol. The monoisotopic (exact) mass is 518 g/mol. The van der Waals surface area contributed by atoms with Gasteiger partial charge in [0.2, 0.25) is 0 Å². The molecule has 0 aromatic heterocycles. The van der Waals surface area contributed by atoms with Crippen LogP contribution >= 0.6 is 0 Å². The third-order valence-corrected chi connectivity index (χ3v) is 6.81. The summed E-state index contributed by atoms with van der Waals surface area (Å²) in [7, 11) is 1.36. The summed E-state index contributed by atoms with van der Waals surface area (Å²) in [6, 6.07) is 22.3. The van der Waals surface area contributed by atoms with E-state index in [0.29, 0.717) is 5.56 Å². The zero-order chi connectivity index (χ0) is 27.3. The highest BCUT2D eigenvalue weighted by Crippen LogP contribution is 2.48. The Bertz CT molecular complexity index is 1290. The van der Waals surface area contributed by atoms with Gasteiger partial charge in [0.15, 0.2) is 17.3 Å². The minimum atomic E-state index is -1.81. The van der Waals surface area contributed by atoms with E-state index in [1.807, 2.05) is 24.3 Å². The number of ether oxygens (including phenoxy) is 3. The quantitative estimate of drug-likeness (QED) is 0.340. The number of methoxy groups -OCH3 is 1. The third-order valence-electron chi connectivity index (χ3n) is 6.81. The SMILES string of the molecule is COc1cc(C2C(C(=O)OCc3ccccc3)C(=O)CC(C)(O)C2C(=O)OCc2ccccc2)ccc1O. The molecule has 0 radical (unpaired) electrons. The van der Waals surface area contributed by atoms with Crippen molar-refractivity contribution < 1.29 is 38.8 Å². The van der Waals surface area contributed by atoms with Gasteiger partial charge in [0.05, 0.1) is 18.6 Å². The number of phenols is 1. The molecule has 0 amide bonds. The molecule has 8 nitrogen and oxygen atoms in total. The summed E-state index contributed by atoms with van der Waals surface area (Å²) in [6.07, 6.45) is -0.436. The maximum Gasteiger partial charge on any atom is 0.317 e. The van der Waals surface area contributed by atoms with Crippen LogP contribution in [0, 0.1) is 11.8 Å². The minimum absolute atomic E-state index is 0.0467. The topological polar surface area (TPSA) is 119 Å². The molecule has 1 saturated carbocycles. The summed E-state index contributed by atoms with van der Waals surface area (Å²) in [5.74, 6) is -6.00. The minimum Gasteiger partial charge on any atom is -0.504 e. The number of Topliss-reactive ketones (excluding diaryl/α,β-unsaturated/α-hetero) is 1. The first-order valence-electron chi connectivity index (χ1n) is 12.2. The summed E-state index contributed by atoms with van der Waals surface area (Å²) in [5.41, 5.74) is 0.0137. The van der Waals surface area contributed by atoms with E-state index in [9.17, 15) is 24.6 Å². The largest absolute Gasteiger partial charge is 0.504 e. The second-order valence-corrected chi connectivity index (χ2v) is 9.60. The van der Waals surface area contributed by atoms with Crippen LogP contribution in [0.25, 0.3) is 0 Å². The molecule has 4 atom stereocenters. The molecule has 0 saturated heterocycles. The van der Waals surface area contributed by atoms with Crippen LogP contribution in [0.5, 0.6) is 11.5 Å². The van der Waals surface area contributed by atoms with Crippen LogP contribution in [0.15, 0.2) is 78.9 Å². The van der Waals surface area contributed by atoms with Crippen molar-refractivity contribution >= 4 is 17.7 Å². The number of carbonyl (C=O) groups excluding carboxylic acids is 3. The Labute approximate surface area is 220 Å². The number of carbonyl (C=O) groups is 3. The highest BCUT2D eigenvalue weighted by Gasteiger charge is 2.57. The first-order chi connectivity index (χ1) is 18.2. The zero-order valence-electron chi connectivity index (χ0n) is 21.2. The smallest absolute Gasteiger partial charge is 0.317 e. The Balaban J connectivity index is 1.71. The van der Waals surface area contributed by atoms with Crippen molar-refractivity contribution in [1.82, 2.24) is 0 Å². The highest BCUT2D eigenvalue weighted by molar-refractivity contribution is 6.02. The highest BCUT2D eigenvalue weighted by atomic mass is 16.5. The van der Waals surface area contributed by atoms with E-state index in [1.54, 1.807) is 36.4 Å². The molecule has 1 aliphatic rings. The maximum absolute atomic E-state index is 13.5. The average Bonchev–Trinajstić information content (AvgIpc) is 2.91. The van der Waals surface area contributed by atoms with Crippen molar-refractivity contribution in [3.05, 3.63) is 95.6 Å². The average molecular weight is 519 g/mol. The Morgan fingerprint density at radius 1 is 0.895 bits per heavy atom. The molecular formula is C30H30O8. The van der Waals surface area contributed by atoms with Gasteiger partial charge in [0, 0.05) is 12.3 Å². The van der Waals surface area contributed by atoms with Gasteiger partial charge in [0.25, 0.3) is 0 Å². The Kier molecular flexibility index (Phi) is 8.12. The second-order valence-electron chi connectivity index (χ2n) is 9.60. The summed E-state index contributed by atoms with van der Waals surface area (Å²) in [5, 5.41) is 21.5. The van der Waals surface area contributed by atoms with Crippen molar-refractivity contribution in [2.45, 2.75) is 38.1 Å². The predicted octanol–water partition coefficient (Wildman–Crippen LogP) is 3.93. The van der Waals surface area contributed by atoms with Gasteiger partial charge in [0.1, 0.15) is 19.1 Å². The van der Waals surface area contributed by atoms with Crippen molar-refractivity contribution in [1.29, 1.82) is 0 Å². The molecule has 4 rings (SSSR count). The van der Waals surface area contributed by atoms with E-state index in [0.717, 1.165) is 11.1 Å². The molecular weight excluding hydrogens is 488 g/mol. The number of ketones is 1. The molecule has 2 N–H and O–H groups in total. The van der Waals surface area contributed by atoms with Gasteiger partial charge in [-0.05, 0) is 35.7 Å². The van der Waals surface area contributed by atoms with E-state index in [1.165, 1.54) is 32.2 Å². The lowest BCUT2D eigenvalue weighted by atomic mass is 9.61. The molecule has 3 aromatic carbocycles.